The summed E-state index contributed by atoms with van der Waals surface area (Å²) in [6, 6.07) is 8.25. The number of nitrogens with zero attached hydrogens (tertiary/aromatic N) is 2. The van der Waals surface area contributed by atoms with Crippen molar-refractivity contribution in [2.45, 2.75) is 38.8 Å². The minimum absolute atomic E-state index is 0. The molecule has 7 heteroatoms. The fourth-order valence-corrected chi connectivity index (χ4v) is 5.09. The van der Waals surface area contributed by atoms with Crippen LogP contribution in [0.1, 0.15) is 30.9 Å². The van der Waals surface area contributed by atoms with Crippen LogP contribution in [0.3, 0.4) is 0 Å². The molecule has 2 aliphatic heterocycles. The third kappa shape index (κ3) is 3.88. The monoisotopic (exact) mass is 359 g/mol. The fourth-order valence-electron chi connectivity index (χ4n) is 3.46. The largest absolute Gasteiger partial charge is 0.328 e. The van der Waals surface area contributed by atoms with E-state index >= 15 is 0 Å². The van der Waals surface area contributed by atoms with Gasteiger partial charge in [0.2, 0.25) is 0 Å². The van der Waals surface area contributed by atoms with E-state index in [2.05, 4.69) is 6.07 Å². The van der Waals surface area contributed by atoms with E-state index in [0.717, 1.165) is 24.8 Å². The number of piperidine rings is 1. The number of hydrogen-bond donors (Lipinski definition) is 1. The van der Waals surface area contributed by atoms with Gasteiger partial charge in [-0.05, 0) is 43.2 Å². The third-order valence-corrected chi connectivity index (χ3v) is 6.97. The molecule has 1 aromatic carbocycles. The Kier molecular flexibility index (Phi) is 6.08. The lowest BCUT2D eigenvalue weighted by Crippen LogP contribution is -2.49. The third-order valence-electron chi connectivity index (χ3n) is 4.99. The van der Waals surface area contributed by atoms with Crippen molar-refractivity contribution in [2.24, 2.45) is 11.7 Å². The Morgan fingerprint density at radius 2 is 1.70 bits per heavy atom. The molecule has 23 heavy (non-hydrogen) atoms. The molecule has 0 radical (unpaired) electrons. The van der Waals surface area contributed by atoms with Crippen molar-refractivity contribution in [3.63, 3.8) is 0 Å². The van der Waals surface area contributed by atoms with Gasteiger partial charge >= 0.3 is 0 Å². The topological polar surface area (TPSA) is 66.6 Å². The Bertz CT molecular complexity index is 628. The van der Waals surface area contributed by atoms with Gasteiger partial charge < -0.3 is 5.73 Å². The van der Waals surface area contributed by atoms with Gasteiger partial charge in [-0.3, -0.25) is 0 Å². The highest BCUT2D eigenvalue weighted by molar-refractivity contribution is 7.86. The maximum Gasteiger partial charge on any atom is 0.282 e. The average molecular weight is 360 g/mol. The summed E-state index contributed by atoms with van der Waals surface area (Å²) in [4.78, 5) is 0. The van der Waals surface area contributed by atoms with Gasteiger partial charge in [0.15, 0.2) is 0 Å². The van der Waals surface area contributed by atoms with Gasteiger partial charge in [0.1, 0.15) is 0 Å². The molecule has 1 aromatic rings. The molecule has 1 atom stereocenters. The van der Waals surface area contributed by atoms with E-state index in [1.54, 1.807) is 8.61 Å². The quantitative estimate of drug-likeness (QED) is 0.894. The highest BCUT2D eigenvalue weighted by Gasteiger charge is 2.35. The fraction of sp³-hybridized carbons (Fsp3) is 0.625. The predicted molar refractivity (Wildman–Crippen MR) is 94.7 cm³/mol. The second kappa shape index (κ2) is 7.49. The van der Waals surface area contributed by atoms with E-state index < -0.39 is 10.2 Å². The van der Waals surface area contributed by atoms with Crippen LogP contribution in [-0.2, 0) is 23.2 Å². The summed E-state index contributed by atoms with van der Waals surface area (Å²) in [6.07, 6.45) is 2.52. The van der Waals surface area contributed by atoms with Crippen LogP contribution < -0.4 is 5.73 Å². The average Bonchev–Trinajstić information content (AvgIpc) is 2.54. The van der Waals surface area contributed by atoms with Gasteiger partial charge in [-0.1, -0.05) is 24.3 Å². The van der Waals surface area contributed by atoms with E-state index in [9.17, 15) is 8.42 Å². The van der Waals surface area contributed by atoms with E-state index in [0.29, 0.717) is 32.1 Å². The number of nitrogens with two attached hydrogens (primary N) is 1. The van der Waals surface area contributed by atoms with Crippen molar-refractivity contribution in [1.82, 2.24) is 8.61 Å². The first-order valence-electron chi connectivity index (χ1n) is 8.06. The highest BCUT2D eigenvalue weighted by atomic mass is 35.5. The second-order valence-electron chi connectivity index (χ2n) is 6.46. The van der Waals surface area contributed by atoms with Gasteiger partial charge in [0.05, 0.1) is 0 Å². The van der Waals surface area contributed by atoms with Crippen LogP contribution in [0.4, 0.5) is 0 Å². The van der Waals surface area contributed by atoms with Crippen molar-refractivity contribution in [3.05, 3.63) is 35.4 Å². The molecule has 0 aromatic heterocycles. The molecular weight excluding hydrogens is 334 g/mol. The summed E-state index contributed by atoms with van der Waals surface area (Å²) >= 11 is 0. The van der Waals surface area contributed by atoms with Gasteiger partial charge in [0, 0.05) is 32.2 Å². The summed E-state index contributed by atoms with van der Waals surface area (Å²) in [6.45, 7) is 4.26. The Morgan fingerprint density at radius 3 is 2.30 bits per heavy atom. The van der Waals surface area contributed by atoms with Crippen molar-refractivity contribution in [3.8, 4) is 0 Å². The SMILES string of the molecule is CC(N)C1CCN(S(=O)(=O)N2CCc3ccccc3C2)CC1.Cl. The van der Waals surface area contributed by atoms with Gasteiger partial charge in [-0.15, -0.1) is 12.4 Å². The first-order chi connectivity index (χ1) is 10.5. The molecule has 2 aliphatic rings. The minimum atomic E-state index is -3.35. The molecule has 3 rings (SSSR count). The number of halogens is 1. The number of benzene rings is 1. The van der Waals surface area contributed by atoms with Crippen LogP contribution in [-0.4, -0.2) is 42.7 Å². The lowest BCUT2D eigenvalue weighted by molar-refractivity contribution is 0.233. The smallest absolute Gasteiger partial charge is 0.282 e. The number of rotatable bonds is 3. The summed E-state index contributed by atoms with van der Waals surface area (Å²) in [7, 11) is -3.35. The molecule has 1 saturated heterocycles. The van der Waals surface area contributed by atoms with Crippen molar-refractivity contribution < 1.29 is 8.42 Å². The Hall–Kier alpha value is -0.660. The first kappa shape index (κ1) is 18.7. The summed E-state index contributed by atoms with van der Waals surface area (Å²) < 4.78 is 29.0. The lowest BCUT2D eigenvalue weighted by Gasteiger charge is -2.37. The number of fused-ring (bicyclic) bond motifs is 1. The van der Waals surface area contributed by atoms with Gasteiger partial charge in [-0.25, -0.2) is 0 Å². The van der Waals surface area contributed by atoms with E-state index in [4.69, 9.17) is 5.73 Å². The molecule has 2 heterocycles. The standard InChI is InChI=1S/C16H25N3O2S.ClH/c1-13(17)14-6-9-18(10-7-14)22(20,21)19-11-8-15-4-2-3-5-16(15)12-19;/h2-5,13-14H,6-12,17H2,1H3;1H. The van der Waals surface area contributed by atoms with Crippen LogP contribution >= 0.6 is 12.4 Å². The maximum atomic E-state index is 12.8. The molecule has 1 unspecified atom stereocenters. The van der Waals surface area contributed by atoms with Crippen molar-refractivity contribution >= 4 is 22.6 Å². The highest BCUT2D eigenvalue weighted by Crippen LogP contribution is 2.26. The van der Waals surface area contributed by atoms with Crippen LogP contribution in [0.25, 0.3) is 0 Å². The van der Waals surface area contributed by atoms with Crippen molar-refractivity contribution in [2.75, 3.05) is 19.6 Å². The summed E-state index contributed by atoms with van der Waals surface area (Å²) in [5.74, 6) is 0.438. The molecule has 1 fully saturated rings. The molecule has 130 valence electrons. The van der Waals surface area contributed by atoms with Gasteiger partial charge in [-0.2, -0.15) is 17.0 Å². The molecule has 0 amide bonds. The maximum absolute atomic E-state index is 12.8. The molecule has 2 N–H and O–H groups in total. The Morgan fingerprint density at radius 1 is 1.09 bits per heavy atom. The lowest BCUT2D eigenvalue weighted by atomic mass is 9.92. The predicted octanol–water partition coefficient (Wildman–Crippen LogP) is 1.77. The van der Waals surface area contributed by atoms with Crippen LogP contribution in [0.2, 0.25) is 0 Å². The van der Waals surface area contributed by atoms with Crippen LogP contribution in [0.15, 0.2) is 24.3 Å². The van der Waals surface area contributed by atoms with Crippen molar-refractivity contribution in [1.29, 1.82) is 0 Å². The molecule has 0 bridgehead atoms. The van der Waals surface area contributed by atoms with Crippen LogP contribution in [0.5, 0.6) is 0 Å². The zero-order valence-corrected chi connectivity index (χ0v) is 15.2. The van der Waals surface area contributed by atoms with E-state index in [1.165, 1.54) is 5.56 Å². The molecule has 0 saturated carbocycles. The zero-order chi connectivity index (χ0) is 15.7. The van der Waals surface area contributed by atoms with E-state index in [1.807, 2.05) is 25.1 Å². The van der Waals surface area contributed by atoms with Gasteiger partial charge in [0.25, 0.3) is 10.2 Å². The normalized spacial score (nSPS) is 22.2. The minimum Gasteiger partial charge on any atom is -0.328 e. The molecule has 0 spiro atoms. The molecule has 0 aliphatic carbocycles. The second-order valence-corrected chi connectivity index (χ2v) is 8.38. The van der Waals surface area contributed by atoms with E-state index in [-0.39, 0.29) is 18.4 Å². The summed E-state index contributed by atoms with van der Waals surface area (Å²) in [5, 5.41) is 0. The zero-order valence-electron chi connectivity index (χ0n) is 13.5. The molecular formula is C16H26ClN3O2S. The van der Waals surface area contributed by atoms with Crippen LogP contribution in [0, 0.1) is 5.92 Å². The Balaban J connectivity index is 0.00000192. The first-order valence-corrected chi connectivity index (χ1v) is 9.46. The summed E-state index contributed by atoms with van der Waals surface area (Å²) in [5.41, 5.74) is 8.33. The number of hydrogen-bond acceptors (Lipinski definition) is 3. The molecule has 5 nitrogen and oxygen atoms in total. The Labute approximate surface area is 145 Å².